The Kier molecular flexibility index (Phi) is 3.87. The van der Waals surface area contributed by atoms with E-state index in [9.17, 15) is 4.21 Å². The van der Waals surface area contributed by atoms with Gasteiger partial charge in [0.25, 0.3) is 0 Å². The van der Waals surface area contributed by atoms with E-state index in [4.69, 9.17) is 17.3 Å². The van der Waals surface area contributed by atoms with Crippen LogP contribution in [-0.4, -0.2) is 9.46 Å². The second-order valence-corrected chi connectivity index (χ2v) is 6.41. The average Bonchev–Trinajstić information content (AvgIpc) is 2.76. The summed E-state index contributed by atoms with van der Waals surface area (Å²) in [6.07, 6.45) is 4.60. The summed E-state index contributed by atoms with van der Waals surface area (Å²) in [5, 5.41) is 1.03. The molecule has 1 fully saturated rings. The Bertz CT molecular complexity index is 402. The van der Waals surface area contributed by atoms with Crippen molar-refractivity contribution in [3.05, 3.63) is 28.8 Å². The molecule has 0 aliphatic heterocycles. The fourth-order valence-corrected chi connectivity index (χ4v) is 4.03. The van der Waals surface area contributed by atoms with E-state index in [2.05, 4.69) is 0 Å². The molecular formula is C12H16ClNOS. The molecule has 1 aromatic rings. The van der Waals surface area contributed by atoms with Crippen molar-refractivity contribution in [2.75, 3.05) is 5.73 Å². The summed E-state index contributed by atoms with van der Waals surface area (Å²) in [6, 6.07) is 5.37. The van der Waals surface area contributed by atoms with Crippen LogP contribution in [0, 0.1) is 0 Å². The Balaban J connectivity index is 2.07. The summed E-state index contributed by atoms with van der Waals surface area (Å²) < 4.78 is 12.1. The molecule has 1 unspecified atom stereocenters. The lowest BCUT2D eigenvalue weighted by Gasteiger charge is -2.10. The molecule has 1 aliphatic carbocycles. The molecule has 1 aromatic carbocycles. The van der Waals surface area contributed by atoms with Crippen molar-refractivity contribution >= 4 is 28.1 Å². The van der Waals surface area contributed by atoms with Crippen LogP contribution < -0.4 is 5.73 Å². The van der Waals surface area contributed by atoms with Crippen LogP contribution >= 0.6 is 11.6 Å². The van der Waals surface area contributed by atoms with Crippen LogP contribution in [0.1, 0.15) is 31.2 Å². The molecule has 2 nitrogen and oxygen atoms in total. The van der Waals surface area contributed by atoms with Crippen LogP contribution in [0.15, 0.2) is 18.2 Å². The molecule has 0 bridgehead atoms. The predicted octanol–water partition coefficient (Wildman–Crippen LogP) is 3.11. The zero-order valence-corrected chi connectivity index (χ0v) is 10.7. The number of nitrogen functional groups attached to an aromatic ring is 1. The van der Waals surface area contributed by atoms with Gasteiger partial charge < -0.3 is 5.73 Å². The van der Waals surface area contributed by atoms with Crippen LogP contribution in [0.3, 0.4) is 0 Å². The summed E-state index contributed by atoms with van der Waals surface area (Å²) in [7, 11) is -0.805. The van der Waals surface area contributed by atoms with Crippen molar-refractivity contribution in [2.24, 2.45) is 0 Å². The SMILES string of the molecule is Nc1ccc(Cl)c(CS(=O)C2CCCC2)c1. The minimum atomic E-state index is -0.805. The van der Waals surface area contributed by atoms with Gasteiger partial charge in [0, 0.05) is 26.8 Å². The number of halogens is 1. The highest BCUT2D eigenvalue weighted by Gasteiger charge is 2.21. The molecule has 16 heavy (non-hydrogen) atoms. The predicted molar refractivity (Wildman–Crippen MR) is 70.0 cm³/mol. The first-order chi connectivity index (χ1) is 7.66. The van der Waals surface area contributed by atoms with Crippen molar-refractivity contribution in [1.82, 2.24) is 0 Å². The topological polar surface area (TPSA) is 43.1 Å². The van der Waals surface area contributed by atoms with Gasteiger partial charge in [-0.1, -0.05) is 24.4 Å². The Hall–Kier alpha value is -0.540. The average molecular weight is 258 g/mol. The lowest BCUT2D eigenvalue weighted by molar-refractivity contribution is 0.668. The highest BCUT2D eigenvalue weighted by atomic mass is 35.5. The summed E-state index contributed by atoms with van der Waals surface area (Å²) in [6.45, 7) is 0. The minimum absolute atomic E-state index is 0.359. The molecule has 0 saturated heterocycles. The van der Waals surface area contributed by atoms with Crippen molar-refractivity contribution in [1.29, 1.82) is 0 Å². The van der Waals surface area contributed by atoms with Crippen LogP contribution in [0.2, 0.25) is 5.02 Å². The van der Waals surface area contributed by atoms with Gasteiger partial charge in [0.05, 0.1) is 5.75 Å². The standard InChI is InChI=1S/C12H16ClNOS/c13-12-6-5-10(14)7-9(12)8-16(15)11-3-1-2-4-11/h5-7,11H,1-4,8,14H2. The zero-order valence-electron chi connectivity index (χ0n) is 9.12. The molecule has 0 aromatic heterocycles. The van der Waals surface area contributed by atoms with Crippen molar-refractivity contribution in [2.45, 2.75) is 36.7 Å². The molecule has 0 spiro atoms. The fraction of sp³-hybridized carbons (Fsp3) is 0.500. The summed E-state index contributed by atoms with van der Waals surface area (Å²) in [5.74, 6) is 0.536. The van der Waals surface area contributed by atoms with Crippen molar-refractivity contribution in [3.8, 4) is 0 Å². The van der Waals surface area contributed by atoms with Gasteiger partial charge in [0.2, 0.25) is 0 Å². The first kappa shape index (κ1) is 11.9. The van der Waals surface area contributed by atoms with E-state index in [1.165, 1.54) is 12.8 Å². The Morgan fingerprint density at radius 3 is 2.75 bits per heavy atom. The van der Waals surface area contributed by atoms with Gasteiger partial charge in [-0.25, -0.2) is 0 Å². The quantitative estimate of drug-likeness (QED) is 0.846. The Morgan fingerprint density at radius 1 is 1.38 bits per heavy atom. The van der Waals surface area contributed by atoms with Gasteiger partial charge in [0.15, 0.2) is 0 Å². The third-order valence-electron chi connectivity index (χ3n) is 3.04. The molecule has 0 radical (unpaired) electrons. The van der Waals surface area contributed by atoms with Gasteiger partial charge >= 0.3 is 0 Å². The maximum Gasteiger partial charge on any atom is 0.0503 e. The molecule has 0 amide bonds. The molecule has 2 rings (SSSR count). The second-order valence-electron chi connectivity index (χ2n) is 4.28. The van der Waals surface area contributed by atoms with E-state index in [0.29, 0.717) is 21.7 Å². The largest absolute Gasteiger partial charge is 0.399 e. The normalized spacial score (nSPS) is 18.8. The number of hydrogen-bond acceptors (Lipinski definition) is 2. The first-order valence-electron chi connectivity index (χ1n) is 5.58. The molecule has 1 saturated carbocycles. The second kappa shape index (κ2) is 5.19. The Labute approximate surface area is 104 Å². The fourth-order valence-electron chi connectivity index (χ4n) is 2.13. The van der Waals surface area contributed by atoms with E-state index in [1.807, 2.05) is 6.07 Å². The molecule has 88 valence electrons. The first-order valence-corrected chi connectivity index (χ1v) is 7.34. The van der Waals surface area contributed by atoms with Gasteiger partial charge in [-0.05, 0) is 36.6 Å². The molecular weight excluding hydrogens is 242 g/mol. The van der Waals surface area contributed by atoms with Crippen LogP contribution in [0.5, 0.6) is 0 Å². The highest BCUT2D eigenvalue weighted by Crippen LogP contribution is 2.27. The minimum Gasteiger partial charge on any atom is -0.399 e. The smallest absolute Gasteiger partial charge is 0.0503 e. The van der Waals surface area contributed by atoms with E-state index >= 15 is 0 Å². The summed E-state index contributed by atoms with van der Waals surface area (Å²) in [4.78, 5) is 0. The van der Waals surface area contributed by atoms with E-state index in [0.717, 1.165) is 18.4 Å². The molecule has 1 atom stereocenters. The maximum atomic E-state index is 12.1. The van der Waals surface area contributed by atoms with E-state index < -0.39 is 10.8 Å². The van der Waals surface area contributed by atoms with Gasteiger partial charge in [-0.3, -0.25) is 4.21 Å². The molecule has 1 aliphatic rings. The highest BCUT2D eigenvalue weighted by molar-refractivity contribution is 7.84. The summed E-state index contributed by atoms with van der Waals surface area (Å²) in [5.41, 5.74) is 7.29. The number of nitrogens with two attached hydrogens (primary N) is 1. The maximum absolute atomic E-state index is 12.1. The van der Waals surface area contributed by atoms with Crippen LogP contribution in [0.25, 0.3) is 0 Å². The molecule has 4 heteroatoms. The van der Waals surface area contributed by atoms with Gasteiger partial charge in [-0.2, -0.15) is 0 Å². The van der Waals surface area contributed by atoms with Gasteiger partial charge in [-0.15, -0.1) is 0 Å². The monoisotopic (exact) mass is 257 g/mol. The van der Waals surface area contributed by atoms with Crippen LogP contribution in [-0.2, 0) is 16.6 Å². The van der Waals surface area contributed by atoms with Crippen LogP contribution in [0.4, 0.5) is 5.69 Å². The number of anilines is 1. The number of hydrogen-bond donors (Lipinski definition) is 1. The third kappa shape index (κ3) is 2.77. The third-order valence-corrected chi connectivity index (χ3v) is 5.22. The number of rotatable bonds is 3. The van der Waals surface area contributed by atoms with E-state index in [-0.39, 0.29) is 0 Å². The van der Waals surface area contributed by atoms with Crippen molar-refractivity contribution in [3.63, 3.8) is 0 Å². The summed E-state index contributed by atoms with van der Waals surface area (Å²) >= 11 is 6.06. The number of benzene rings is 1. The van der Waals surface area contributed by atoms with Crippen molar-refractivity contribution < 1.29 is 4.21 Å². The zero-order chi connectivity index (χ0) is 11.5. The molecule has 0 heterocycles. The van der Waals surface area contributed by atoms with Gasteiger partial charge in [0.1, 0.15) is 0 Å². The molecule has 2 N–H and O–H groups in total. The Morgan fingerprint density at radius 2 is 2.06 bits per heavy atom. The lowest BCUT2D eigenvalue weighted by atomic mass is 10.2. The van der Waals surface area contributed by atoms with E-state index in [1.54, 1.807) is 12.1 Å². The lowest BCUT2D eigenvalue weighted by Crippen LogP contribution is -2.12.